The highest BCUT2D eigenvalue weighted by atomic mass is 19.1. The van der Waals surface area contributed by atoms with Gasteiger partial charge in [0.15, 0.2) is 0 Å². The van der Waals surface area contributed by atoms with Crippen molar-refractivity contribution in [2.24, 2.45) is 0 Å². The van der Waals surface area contributed by atoms with Crippen LogP contribution in [0.3, 0.4) is 0 Å². The van der Waals surface area contributed by atoms with Crippen LogP contribution < -0.4 is 5.73 Å². The second kappa shape index (κ2) is 5.69. The van der Waals surface area contributed by atoms with Crippen LogP contribution >= 0.6 is 0 Å². The number of halogens is 2. The smallest absolute Gasteiger partial charge is 0.340 e. The molecule has 0 aromatic heterocycles. The lowest BCUT2D eigenvalue weighted by Crippen LogP contribution is -2.09. The van der Waals surface area contributed by atoms with Gasteiger partial charge in [-0.25, -0.2) is 13.6 Å². The molecule has 0 atom stereocenters. The topological polar surface area (TPSA) is 52.3 Å². The van der Waals surface area contributed by atoms with E-state index in [0.717, 1.165) is 17.7 Å². The molecule has 2 aromatic rings. The zero-order chi connectivity index (χ0) is 14.7. The van der Waals surface area contributed by atoms with Crippen molar-refractivity contribution < 1.29 is 18.3 Å². The number of carbonyl (C=O) groups excluding carboxylic acids is 1. The van der Waals surface area contributed by atoms with Gasteiger partial charge in [-0.1, -0.05) is 12.1 Å². The molecule has 2 rings (SSSR count). The first-order valence-corrected chi connectivity index (χ1v) is 5.95. The van der Waals surface area contributed by atoms with Gasteiger partial charge < -0.3 is 10.5 Å². The molecule has 0 aliphatic heterocycles. The largest absolute Gasteiger partial charge is 0.457 e. The number of para-hydroxylation sites is 1. The van der Waals surface area contributed by atoms with Gasteiger partial charge in [0, 0.05) is 17.3 Å². The Kier molecular flexibility index (Phi) is 3.98. The van der Waals surface area contributed by atoms with E-state index in [0.29, 0.717) is 5.69 Å². The van der Waals surface area contributed by atoms with Gasteiger partial charge in [0.1, 0.15) is 18.2 Å². The van der Waals surface area contributed by atoms with Crippen LogP contribution in [-0.4, -0.2) is 5.97 Å². The summed E-state index contributed by atoms with van der Waals surface area (Å²) in [6, 6.07) is 8.06. The fraction of sp³-hybridized carbons (Fsp3) is 0.133. The molecular formula is C15H13F2NO2. The van der Waals surface area contributed by atoms with E-state index in [-0.39, 0.29) is 17.7 Å². The number of hydrogen-bond acceptors (Lipinski definition) is 3. The minimum atomic E-state index is -0.755. The molecule has 0 aliphatic rings. The minimum absolute atomic E-state index is 0.103. The van der Waals surface area contributed by atoms with Crippen LogP contribution in [0.5, 0.6) is 0 Å². The highest BCUT2D eigenvalue weighted by Crippen LogP contribution is 2.18. The number of ether oxygens (including phenoxy) is 1. The van der Waals surface area contributed by atoms with E-state index < -0.39 is 17.6 Å². The molecule has 3 nitrogen and oxygen atoms in total. The van der Waals surface area contributed by atoms with Crippen LogP contribution in [0.15, 0.2) is 36.4 Å². The number of rotatable bonds is 3. The molecule has 0 spiro atoms. The van der Waals surface area contributed by atoms with E-state index >= 15 is 0 Å². The van der Waals surface area contributed by atoms with E-state index in [9.17, 15) is 13.6 Å². The number of benzene rings is 2. The zero-order valence-corrected chi connectivity index (χ0v) is 10.8. The molecule has 0 saturated carbocycles. The lowest BCUT2D eigenvalue weighted by Gasteiger charge is -2.09. The minimum Gasteiger partial charge on any atom is -0.457 e. The maximum atomic E-state index is 13.4. The van der Waals surface area contributed by atoms with Crippen molar-refractivity contribution in [1.29, 1.82) is 0 Å². The maximum absolute atomic E-state index is 13.4. The van der Waals surface area contributed by atoms with Gasteiger partial charge in [-0.2, -0.15) is 0 Å². The van der Waals surface area contributed by atoms with E-state index in [1.54, 1.807) is 19.1 Å². The molecule has 0 radical (unpaired) electrons. The Labute approximate surface area is 115 Å². The number of anilines is 1. The van der Waals surface area contributed by atoms with Crippen molar-refractivity contribution in [3.63, 3.8) is 0 Å². The fourth-order valence-corrected chi connectivity index (χ4v) is 1.72. The standard InChI is InChI=1S/C15H13F2NO2/c1-9-3-2-4-12(14(9)18)15(19)20-8-10-5-6-11(16)7-13(10)17/h2-7H,8,18H2,1H3. The molecule has 0 saturated heterocycles. The summed E-state index contributed by atoms with van der Waals surface area (Å²) in [6.45, 7) is 1.49. The van der Waals surface area contributed by atoms with Crippen molar-refractivity contribution in [3.8, 4) is 0 Å². The molecule has 0 heterocycles. The summed E-state index contributed by atoms with van der Waals surface area (Å²) in [5, 5.41) is 0. The first-order chi connectivity index (χ1) is 9.49. The van der Waals surface area contributed by atoms with Crippen LogP contribution in [0.1, 0.15) is 21.5 Å². The molecule has 104 valence electrons. The van der Waals surface area contributed by atoms with Gasteiger partial charge in [-0.05, 0) is 30.7 Å². The highest BCUT2D eigenvalue weighted by Gasteiger charge is 2.13. The lowest BCUT2D eigenvalue weighted by atomic mass is 10.1. The Bertz CT molecular complexity index is 656. The second-order valence-corrected chi connectivity index (χ2v) is 4.35. The Morgan fingerprint density at radius 2 is 2.00 bits per heavy atom. The highest BCUT2D eigenvalue weighted by molar-refractivity contribution is 5.95. The predicted molar refractivity (Wildman–Crippen MR) is 71.1 cm³/mol. The molecule has 0 aliphatic carbocycles. The summed E-state index contributed by atoms with van der Waals surface area (Å²) >= 11 is 0. The first kappa shape index (κ1) is 14.0. The number of nitrogens with two attached hydrogens (primary N) is 1. The third kappa shape index (κ3) is 2.93. The van der Waals surface area contributed by atoms with Crippen LogP contribution in [0.4, 0.5) is 14.5 Å². The number of esters is 1. The molecule has 2 N–H and O–H groups in total. The summed E-state index contributed by atoms with van der Waals surface area (Å²) < 4.78 is 31.1. The zero-order valence-electron chi connectivity index (χ0n) is 10.8. The molecular weight excluding hydrogens is 264 g/mol. The Hall–Kier alpha value is -2.43. The Morgan fingerprint density at radius 1 is 1.25 bits per heavy atom. The number of aryl methyl sites for hydroxylation is 1. The van der Waals surface area contributed by atoms with Gasteiger partial charge >= 0.3 is 5.97 Å². The van der Waals surface area contributed by atoms with Crippen molar-refractivity contribution in [2.45, 2.75) is 13.5 Å². The third-order valence-electron chi connectivity index (χ3n) is 2.92. The van der Waals surface area contributed by atoms with E-state index in [4.69, 9.17) is 10.5 Å². The quantitative estimate of drug-likeness (QED) is 0.692. The van der Waals surface area contributed by atoms with Crippen molar-refractivity contribution in [3.05, 3.63) is 64.7 Å². The second-order valence-electron chi connectivity index (χ2n) is 4.35. The van der Waals surface area contributed by atoms with Gasteiger partial charge in [-0.15, -0.1) is 0 Å². The van der Waals surface area contributed by atoms with Crippen molar-refractivity contribution in [2.75, 3.05) is 5.73 Å². The summed E-state index contributed by atoms with van der Waals surface area (Å²) in [7, 11) is 0. The molecule has 5 heteroatoms. The van der Waals surface area contributed by atoms with Crippen LogP contribution in [0.25, 0.3) is 0 Å². The molecule has 0 bridgehead atoms. The average molecular weight is 277 g/mol. The third-order valence-corrected chi connectivity index (χ3v) is 2.92. The molecule has 0 amide bonds. The van der Waals surface area contributed by atoms with Gasteiger partial charge in [0.25, 0.3) is 0 Å². The van der Waals surface area contributed by atoms with Gasteiger partial charge in [0.2, 0.25) is 0 Å². The van der Waals surface area contributed by atoms with E-state index in [1.165, 1.54) is 12.1 Å². The Balaban J connectivity index is 2.11. The molecule has 2 aromatic carbocycles. The average Bonchev–Trinajstić information content (AvgIpc) is 2.40. The van der Waals surface area contributed by atoms with Gasteiger partial charge in [0.05, 0.1) is 5.56 Å². The Morgan fingerprint density at radius 3 is 2.70 bits per heavy atom. The van der Waals surface area contributed by atoms with Crippen LogP contribution in [0, 0.1) is 18.6 Å². The molecule has 0 unspecified atom stereocenters. The first-order valence-electron chi connectivity index (χ1n) is 5.95. The maximum Gasteiger partial charge on any atom is 0.340 e. The van der Waals surface area contributed by atoms with Crippen LogP contribution in [0.2, 0.25) is 0 Å². The number of hydrogen-bond donors (Lipinski definition) is 1. The summed E-state index contributed by atoms with van der Waals surface area (Å²) in [5.74, 6) is -2.08. The molecule has 20 heavy (non-hydrogen) atoms. The normalized spacial score (nSPS) is 10.3. The monoisotopic (exact) mass is 277 g/mol. The van der Waals surface area contributed by atoms with Crippen molar-refractivity contribution >= 4 is 11.7 Å². The van der Waals surface area contributed by atoms with Gasteiger partial charge in [-0.3, -0.25) is 0 Å². The van der Waals surface area contributed by atoms with Crippen molar-refractivity contribution in [1.82, 2.24) is 0 Å². The van der Waals surface area contributed by atoms with Crippen LogP contribution in [-0.2, 0) is 11.3 Å². The SMILES string of the molecule is Cc1cccc(C(=O)OCc2ccc(F)cc2F)c1N. The molecule has 0 fully saturated rings. The lowest BCUT2D eigenvalue weighted by molar-refractivity contribution is 0.0470. The number of carbonyl (C=O) groups is 1. The summed E-state index contributed by atoms with van der Waals surface area (Å²) in [4.78, 5) is 11.9. The summed E-state index contributed by atoms with van der Waals surface area (Å²) in [6.07, 6.45) is 0. The summed E-state index contributed by atoms with van der Waals surface area (Å²) in [5.41, 5.74) is 7.20. The predicted octanol–water partition coefficient (Wildman–Crippen LogP) is 3.21. The fourth-order valence-electron chi connectivity index (χ4n) is 1.72. The van der Waals surface area contributed by atoms with E-state index in [1.807, 2.05) is 0 Å². The number of nitrogen functional groups attached to an aromatic ring is 1. The van der Waals surface area contributed by atoms with E-state index in [2.05, 4.69) is 0 Å².